The van der Waals surface area contributed by atoms with Crippen molar-refractivity contribution in [3.8, 4) is 0 Å². The summed E-state index contributed by atoms with van der Waals surface area (Å²) in [5, 5.41) is 0. The van der Waals surface area contributed by atoms with E-state index in [1.807, 2.05) is 0 Å². The van der Waals surface area contributed by atoms with E-state index in [-0.39, 0.29) is 16.3 Å². The van der Waals surface area contributed by atoms with Crippen LogP contribution in [0.4, 0.5) is 0 Å². The Morgan fingerprint density at radius 2 is 1.82 bits per heavy atom. The summed E-state index contributed by atoms with van der Waals surface area (Å²) >= 11 is 0. The fraction of sp³-hybridized carbons (Fsp3) is 1.00. The lowest BCUT2D eigenvalue weighted by atomic mass is 10.8. The van der Waals surface area contributed by atoms with Gasteiger partial charge in [-0.15, -0.1) is 7.92 Å². The lowest BCUT2D eigenvalue weighted by molar-refractivity contribution is 0.344. The largest absolute Gasteiger partial charge is 0.270 e. The fourth-order valence-electron chi connectivity index (χ4n) is 0.371. The first-order chi connectivity index (χ1) is 4.42. The van der Waals surface area contributed by atoms with Gasteiger partial charge in [-0.05, 0) is 19.5 Å². The van der Waals surface area contributed by atoms with Gasteiger partial charge >= 0.3 is 0 Å². The minimum atomic E-state index is -3.21. The van der Waals surface area contributed by atoms with Gasteiger partial charge in [-0.25, -0.2) is 0 Å². The van der Waals surface area contributed by atoms with Crippen LogP contribution in [0.25, 0.3) is 0 Å². The van der Waals surface area contributed by atoms with Crippen LogP contribution in [-0.4, -0.2) is 49.2 Å². The van der Waals surface area contributed by atoms with Gasteiger partial charge in [-0.3, -0.25) is 4.18 Å². The molecule has 3 nitrogen and oxygen atoms in total. The summed E-state index contributed by atoms with van der Waals surface area (Å²) < 4.78 is 25.3. The monoisotopic (exact) mass is 195 g/mol. The molecule has 0 aromatic rings. The summed E-state index contributed by atoms with van der Waals surface area (Å²) in [5.41, 5.74) is 0. The first-order valence-corrected chi connectivity index (χ1v) is 7.15. The molecule has 0 aromatic carbocycles. The van der Waals surface area contributed by atoms with Crippen LogP contribution >= 0.6 is 7.92 Å². The van der Waals surface area contributed by atoms with Gasteiger partial charge in [-0.2, -0.15) is 8.42 Å². The summed E-state index contributed by atoms with van der Waals surface area (Å²) in [6.07, 6.45) is 1.92. The molecule has 0 amide bonds. The van der Waals surface area contributed by atoms with Crippen molar-refractivity contribution in [3.05, 3.63) is 0 Å². The lowest BCUT2D eigenvalue weighted by Gasteiger charge is -2.03. The van der Waals surface area contributed by atoms with Crippen LogP contribution in [0.15, 0.2) is 0 Å². The zero-order valence-corrected chi connectivity index (χ0v) is 8.78. The van der Waals surface area contributed by atoms with Gasteiger partial charge in [0.1, 0.15) is 0 Å². The molecule has 0 saturated heterocycles. The Kier molecular flexibility index (Phi) is 7.59. The smallest absolute Gasteiger partial charge is 0.264 e. The van der Waals surface area contributed by atoms with E-state index in [2.05, 4.69) is 17.5 Å². The third-order valence-electron chi connectivity index (χ3n) is 0.836. The quantitative estimate of drug-likeness (QED) is 0.368. The van der Waals surface area contributed by atoms with E-state index in [1.54, 1.807) is 0 Å². The highest BCUT2D eigenvalue weighted by Crippen LogP contribution is 2.22. The van der Waals surface area contributed by atoms with E-state index in [9.17, 15) is 8.42 Å². The molecule has 0 aromatic heterocycles. The highest BCUT2D eigenvalue weighted by atomic mass is 32.2. The molecule has 0 fully saturated rings. The Morgan fingerprint density at radius 1 is 1.36 bits per heavy atom. The molecule has 0 unspecified atom stereocenters. The molecule has 0 N–H and O–H groups in total. The predicted molar refractivity (Wildman–Crippen MR) is 50.2 cm³/mol. The van der Waals surface area contributed by atoms with Gasteiger partial charge in [0.2, 0.25) is 0 Å². The highest BCUT2D eigenvalue weighted by molar-refractivity contribution is 7.86. The zero-order chi connectivity index (χ0) is 8.20. The Labute approximate surface area is 72.0 Å². The molecule has 0 saturated carbocycles. The van der Waals surface area contributed by atoms with Gasteiger partial charge in [0.25, 0.3) is 10.1 Å². The van der Waals surface area contributed by atoms with Gasteiger partial charge in [0, 0.05) is 8.41 Å². The van der Waals surface area contributed by atoms with E-state index in [0.717, 1.165) is 12.4 Å². The maximum atomic E-state index is 10.4. The average Bonchev–Trinajstić information content (AvgIpc) is 1.59. The van der Waals surface area contributed by atoms with Crippen LogP contribution in [0.2, 0.25) is 0 Å². The van der Waals surface area contributed by atoms with Crippen molar-refractivity contribution < 1.29 is 12.6 Å². The van der Waals surface area contributed by atoms with Gasteiger partial charge in [0.15, 0.2) is 0 Å². The summed E-state index contributed by atoms with van der Waals surface area (Å²) in [5.74, 6) is 0. The molecule has 0 aliphatic heterocycles. The highest BCUT2D eigenvalue weighted by Gasteiger charge is 2.01. The summed E-state index contributed by atoms with van der Waals surface area (Å²) in [6.45, 7) is 4.50. The Hall–Kier alpha value is 0.405. The predicted octanol–water partition coefficient (Wildman–Crippen LogP) is 0.323. The Morgan fingerprint density at radius 3 is 2.09 bits per heavy atom. The van der Waals surface area contributed by atoms with Crippen molar-refractivity contribution in [3.63, 3.8) is 0 Å². The number of rotatable bonds is 4. The molecular weight excluding hydrogens is 182 g/mol. The lowest BCUT2D eigenvalue weighted by Crippen LogP contribution is -2.06. The maximum absolute atomic E-state index is 10.4. The first kappa shape index (κ1) is 14.0. The molecule has 0 aliphatic carbocycles. The second-order valence-electron chi connectivity index (χ2n) is 2.33. The molecule has 0 aliphatic rings. The van der Waals surface area contributed by atoms with Crippen molar-refractivity contribution in [2.24, 2.45) is 0 Å². The van der Waals surface area contributed by atoms with E-state index >= 15 is 0 Å². The van der Waals surface area contributed by atoms with E-state index in [0.29, 0.717) is 6.61 Å². The van der Waals surface area contributed by atoms with Crippen molar-refractivity contribution in [2.75, 3.05) is 32.4 Å². The van der Waals surface area contributed by atoms with Crippen molar-refractivity contribution >= 4 is 26.5 Å². The Balaban J connectivity index is 0. The molecule has 65 valence electrons. The molecule has 0 atom stereocenters. The standard InChI is InChI=1S/C5H13O3PS.B/c1-9(2)5-4-8-10(3,6)7;/h4-5H2,1-3H3;. The van der Waals surface area contributed by atoms with Crippen LogP contribution in [-0.2, 0) is 14.3 Å². The SMILES string of the molecule is CP(C)CCOS(C)(=O)=O.[B]. The second kappa shape index (κ2) is 5.98. The zero-order valence-electron chi connectivity index (χ0n) is 7.07. The van der Waals surface area contributed by atoms with E-state index in [1.165, 1.54) is 0 Å². The third kappa shape index (κ3) is 13.4. The van der Waals surface area contributed by atoms with E-state index < -0.39 is 10.1 Å². The van der Waals surface area contributed by atoms with Gasteiger partial charge < -0.3 is 0 Å². The minimum Gasteiger partial charge on any atom is -0.270 e. The summed E-state index contributed by atoms with van der Waals surface area (Å²) in [4.78, 5) is 0. The second-order valence-corrected chi connectivity index (χ2v) is 6.58. The van der Waals surface area contributed by atoms with E-state index in [4.69, 9.17) is 0 Å². The van der Waals surface area contributed by atoms with Crippen LogP contribution in [0, 0.1) is 0 Å². The average molecular weight is 195 g/mol. The molecule has 11 heavy (non-hydrogen) atoms. The number of hydrogen-bond acceptors (Lipinski definition) is 3. The van der Waals surface area contributed by atoms with Gasteiger partial charge in [0.05, 0.1) is 12.9 Å². The topological polar surface area (TPSA) is 43.4 Å². The Bertz CT molecular complexity index is 178. The molecular formula is C5H13BO3PS. The third-order valence-corrected chi connectivity index (χ3v) is 2.51. The van der Waals surface area contributed by atoms with Crippen LogP contribution < -0.4 is 0 Å². The fourth-order valence-corrected chi connectivity index (χ4v) is 1.34. The molecule has 0 heterocycles. The summed E-state index contributed by atoms with van der Waals surface area (Å²) in [6, 6.07) is 0. The van der Waals surface area contributed by atoms with Crippen molar-refractivity contribution in [1.29, 1.82) is 0 Å². The molecule has 0 rings (SSSR count). The molecule has 0 spiro atoms. The molecule has 0 bridgehead atoms. The maximum Gasteiger partial charge on any atom is 0.264 e. The van der Waals surface area contributed by atoms with Crippen LogP contribution in [0.5, 0.6) is 0 Å². The number of hydrogen-bond donors (Lipinski definition) is 0. The van der Waals surface area contributed by atoms with Crippen LogP contribution in [0.3, 0.4) is 0 Å². The first-order valence-electron chi connectivity index (χ1n) is 2.91. The normalized spacial score (nSPS) is 11.3. The molecule has 6 heteroatoms. The van der Waals surface area contributed by atoms with Gasteiger partial charge in [-0.1, -0.05) is 0 Å². The van der Waals surface area contributed by atoms with Crippen LogP contribution in [0.1, 0.15) is 0 Å². The summed E-state index contributed by atoms with van der Waals surface area (Å²) in [7, 11) is -3.25. The molecule has 3 radical (unpaired) electrons. The van der Waals surface area contributed by atoms with Crippen molar-refractivity contribution in [1.82, 2.24) is 0 Å². The minimum absolute atomic E-state index is 0. The van der Waals surface area contributed by atoms with Crippen molar-refractivity contribution in [2.45, 2.75) is 0 Å².